The van der Waals surface area contributed by atoms with Gasteiger partial charge < -0.3 is 4.74 Å². The maximum absolute atomic E-state index is 13.3. The van der Waals surface area contributed by atoms with E-state index in [1.54, 1.807) is 7.11 Å². The Labute approximate surface area is 204 Å². The van der Waals surface area contributed by atoms with Crippen molar-refractivity contribution in [3.8, 4) is 11.4 Å². The highest BCUT2D eigenvalue weighted by Crippen LogP contribution is 2.34. The van der Waals surface area contributed by atoms with Gasteiger partial charge >= 0.3 is 0 Å². The molecular formula is C26H19FN4O3S. The number of thioether (sulfide) groups is 1. The van der Waals surface area contributed by atoms with Crippen LogP contribution in [0.5, 0.6) is 5.75 Å². The molecular weight excluding hydrogens is 467 g/mol. The van der Waals surface area contributed by atoms with E-state index in [1.165, 1.54) is 30.3 Å². The summed E-state index contributed by atoms with van der Waals surface area (Å²) in [4.78, 5) is 26.9. The molecule has 4 aromatic rings. The number of amides is 2. The fraction of sp³-hybridized carbons (Fsp3) is 0.0769. The molecule has 0 aliphatic carbocycles. The highest BCUT2D eigenvalue weighted by molar-refractivity contribution is 8.04. The number of nitrogens with zero attached hydrogens (tertiary/aromatic N) is 4. The van der Waals surface area contributed by atoms with Gasteiger partial charge in [-0.1, -0.05) is 30.3 Å². The molecule has 9 heteroatoms. The lowest BCUT2D eigenvalue weighted by Crippen LogP contribution is -2.30. The van der Waals surface area contributed by atoms with Crippen LogP contribution < -0.4 is 9.64 Å². The van der Waals surface area contributed by atoms with Crippen LogP contribution in [0.4, 0.5) is 10.1 Å². The summed E-state index contributed by atoms with van der Waals surface area (Å²) < 4.78 is 20.4. The Morgan fingerprint density at radius 2 is 1.60 bits per heavy atom. The first kappa shape index (κ1) is 22.5. The Hall–Kier alpha value is -4.24. The van der Waals surface area contributed by atoms with Crippen molar-refractivity contribution in [2.24, 2.45) is 0 Å². The Morgan fingerprint density at radius 3 is 2.29 bits per heavy atom. The lowest BCUT2D eigenvalue weighted by atomic mass is 10.1. The lowest BCUT2D eigenvalue weighted by molar-refractivity contribution is -0.120. The second kappa shape index (κ2) is 9.55. The predicted octanol–water partition coefficient (Wildman–Crippen LogP) is 4.56. The van der Waals surface area contributed by atoms with Crippen molar-refractivity contribution in [3.05, 3.63) is 107 Å². The Balaban J connectivity index is 1.46. The number of aromatic nitrogens is 3. The summed E-state index contributed by atoms with van der Waals surface area (Å²) in [6, 6.07) is 22.4. The topological polar surface area (TPSA) is 77.3 Å². The quantitative estimate of drug-likeness (QED) is 0.357. The zero-order valence-corrected chi connectivity index (χ0v) is 19.4. The van der Waals surface area contributed by atoms with E-state index in [1.807, 2.05) is 59.2 Å². The second-order valence-electron chi connectivity index (χ2n) is 7.66. The number of hydrogen-bond donors (Lipinski definition) is 0. The van der Waals surface area contributed by atoms with Crippen LogP contribution in [0.1, 0.15) is 11.4 Å². The van der Waals surface area contributed by atoms with Gasteiger partial charge in [0.2, 0.25) is 5.16 Å². The van der Waals surface area contributed by atoms with Crippen LogP contribution in [0.2, 0.25) is 0 Å². The number of halogens is 1. The number of methoxy groups -OCH3 is 1. The first-order chi connectivity index (χ1) is 17.0. The van der Waals surface area contributed by atoms with Crippen molar-refractivity contribution in [2.45, 2.75) is 11.6 Å². The maximum atomic E-state index is 13.3. The molecule has 2 heterocycles. The summed E-state index contributed by atoms with van der Waals surface area (Å²) in [6.07, 6.45) is 1.77. The van der Waals surface area contributed by atoms with Crippen molar-refractivity contribution in [2.75, 3.05) is 12.0 Å². The van der Waals surface area contributed by atoms with E-state index in [9.17, 15) is 14.0 Å². The van der Waals surface area contributed by atoms with Crippen molar-refractivity contribution in [1.29, 1.82) is 0 Å². The van der Waals surface area contributed by atoms with Gasteiger partial charge in [-0.15, -0.1) is 10.2 Å². The first-order valence-electron chi connectivity index (χ1n) is 10.7. The second-order valence-corrected chi connectivity index (χ2v) is 8.67. The number of carbonyl (C=O) groups is 2. The summed E-state index contributed by atoms with van der Waals surface area (Å²) in [6.45, 7) is 0. The van der Waals surface area contributed by atoms with Crippen molar-refractivity contribution in [1.82, 2.24) is 14.8 Å². The third-order valence-electron chi connectivity index (χ3n) is 5.41. The van der Waals surface area contributed by atoms with Crippen LogP contribution in [0.25, 0.3) is 5.69 Å². The number of rotatable bonds is 7. The van der Waals surface area contributed by atoms with Crippen LogP contribution in [-0.2, 0) is 16.0 Å². The van der Waals surface area contributed by atoms with E-state index in [4.69, 9.17) is 4.74 Å². The van der Waals surface area contributed by atoms with Crippen LogP contribution in [0.3, 0.4) is 0 Å². The minimum atomic E-state index is -0.495. The minimum absolute atomic E-state index is 0.208. The van der Waals surface area contributed by atoms with Gasteiger partial charge in [0, 0.05) is 18.2 Å². The number of benzene rings is 3. The van der Waals surface area contributed by atoms with Crippen LogP contribution >= 0.6 is 11.8 Å². The molecule has 1 aliphatic rings. The summed E-state index contributed by atoms with van der Waals surface area (Å²) >= 11 is 1.07. The van der Waals surface area contributed by atoms with Gasteiger partial charge in [0.15, 0.2) is 0 Å². The minimum Gasteiger partial charge on any atom is -0.497 e. The zero-order valence-electron chi connectivity index (χ0n) is 18.6. The highest BCUT2D eigenvalue weighted by Gasteiger charge is 2.34. The molecule has 2 amide bonds. The summed E-state index contributed by atoms with van der Waals surface area (Å²) in [5.41, 5.74) is 2.15. The number of ether oxygens (including phenoxy) is 1. The van der Waals surface area contributed by atoms with Crippen LogP contribution in [-0.4, -0.2) is 33.7 Å². The first-order valence-corrected chi connectivity index (χ1v) is 11.5. The maximum Gasteiger partial charge on any atom is 0.272 e. The molecule has 0 fully saturated rings. The van der Waals surface area contributed by atoms with Crippen molar-refractivity contribution < 1.29 is 18.7 Å². The molecule has 0 atom stereocenters. The molecule has 0 saturated heterocycles. The van der Waals surface area contributed by atoms with Gasteiger partial charge in [-0.25, -0.2) is 9.29 Å². The van der Waals surface area contributed by atoms with E-state index in [0.29, 0.717) is 23.1 Å². The number of carbonyl (C=O) groups excluding carboxylic acids is 2. The van der Waals surface area contributed by atoms with E-state index in [-0.39, 0.29) is 4.91 Å². The number of para-hydroxylation sites is 1. The SMILES string of the molecule is COc1ccc(Cc2nnc(SC3=CC(=O)N(c4ccc(F)cc4)C3=O)n2-c2ccccc2)cc1. The molecule has 1 aliphatic heterocycles. The van der Waals surface area contributed by atoms with E-state index >= 15 is 0 Å². The Bertz CT molecular complexity index is 1420. The van der Waals surface area contributed by atoms with E-state index < -0.39 is 17.6 Å². The standard InChI is InChI=1S/C26H19FN4O3S/c1-34-21-13-7-17(8-14-21)15-23-28-29-26(30(23)19-5-3-2-4-6-19)35-22-16-24(32)31(25(22)33)20-11-9-18(27)10-12-20/h2-14,16H,15H2,1H3. The van der Waals surface area contributed by atoms with Gasteiger partial charge in [-0.2, -0.15) is 0 Å². The van der Waals surface area contributed by atoms with Gasteiger partial charge in [-0.05, 0) is 65.9 Å². The predicted molar refractivity (Wildman–Crippen MR) is 130 cm³/mol. The van der Waals surface area contributed by atoms with Crippen LogP contribution in [0, 0.1) is 5.82 Å². The monoisotopic (exact) mass is 486 g/mol. The van der Waals surface area contributed by atoms with Gasteiger partial charge in [0.1, 0.15) is 17.4 Å². The smallest absolute Gasteiger partial charge is 0.272 e. The molecule has 0 N–H and O–H groups in total. The molecule has 35 heavy (non-hydrogen) atoms. The molecule has 3 aromatic carbocycles. The third kappa shape index (κ3) is 4.58. The largest absolute Gasteiger partial charge is 0.497 e. The molecule has 0 spiro atoms. The molecule has 0 radical (unpaired) electrons. The van der Waals surface area contributed by atoms with E-state index in [0.717, 1.165) is 33.7 Å². The highest BCUT2D eigenvalue weighted by atomic mass is 32.2. The fourth-order valence-corrected chi connectivity index (χ4v) is 4.62. The normalized spacial score (nSPS) is 13.3. The lowest BCUT2D eigenvalue weighted by Gasteiger charge is -2.15. The fourth-order valence-electron chi connectivity index (χ4n) is 3.70. The molecule has 0 saturated carbocycles. The molecule has 5 rings (SSSR count). The molecule has 0 bridgehead atoms. The van der Waals surface area contributed by atoms with Gasteiger partial charge in [-0.3, -0.25) is 14.2 Å². The Morgan fingerprint density at radius 1 is 0.886 bits per heavy atom. The molecule has 0 unspecified atom stereocenters. The molecule has 174 valence electrons. The van der Waals surface area contributed by atoms with Crippen molar-refractivity contribution in [3.63, 3.8) is 0 Å². The summed E-state index contributed by atoms with van der Waals surface area (Å²) in [5.74, 6) is 0.00299. The van der Waals surface area contributed by atoms with Crippen molar-refractivity contribution >= 4 is 29.3 Å². The van der Waals surface area contributed by atoms with Gasteiger partial charge in [0.25, 0.3) is 11.8 Å². The summed E-state index contributed by atoms with van der Waals surface area (Å²) in [7, 11) is 1.62. The third-order valence-corrected chi connectivity index (χ3v) is 6.37. The van der Waals surface area contributed by atoms with Gasteiger partial charge in [0.05, 0.1) is 17.7 Å². The van der Waals surface area contributed by atoms with E-state index in [2.05, 4.69) is 10.2 Å². The number of hydrogen-bond acceptors (Lipinski definition) is 6. The average molecular weight is 487 g/mol. The molecule has 1 aromatic heterocycles. The Kier molecular flexibility index (Phi) is 6.15. The number of anilines is 1. The molecule has 7 nitrogen and oxygen atoms in total. The zero-order chi connectivity index (χ0) is 24.4. The van der Waals surface area contributed by atoms with Crippen LogP contribution in [0.15, 0.2) is 95.0 Å². The number of imide groups is 1. The summed E-state index contributed by atoms with van der Waals surface area (Å²) in [5, 5.41) is 9.17. The average Bonchev–Trinajstić information content (AvgIpc) is 3.40.